The van der Waals surface area contributed by atoms with Crippen molar-refractivity contribution < 1.29 is 57.8 Å². The molecule has 0 aromatic heterocycles. The summed E-state index contributed by atoms with van der Waals surface area (Å²) in [6.07, 6.45) is -6.79. The van der Waals surface area contributed by atoms with E-state index >= 15 is 0 Å². The third-order valence-corrected chi connectivity index (χ3v) is 4.67. The van der Waals surface area contributed by atoms with Gasteiger partial charge in [-0.2, -0.15) is 30.7 Å². The van der Waals surface area contributed by atoms with Crippen LogP contribution in [0.1, 0.15) is 41.0 Å². The molecule has 27 heavy (non-hydrogen) atoms. The Bertz CT molecular complexity index is 538. The van der Waals surface area contributed by atoms with Crippen molar-refractivity contribution in [3.8, 4) is 0 Å². The van der Waals surface area contributed by atoms with Crippen LogP contribution in [0.3, 0.4) is 0 Å². The quantitative estimate of drug-likeness (QED) is 0.456. The first-order valence-corrected chi connectivity index (χ1v) is 7.35. The lowest BCUT2D eigenvalue weighted by Gasteiger charge is -2.30. The molecule has 0 radical (unpaired) electrons. The van der Waals surface area contributed by atoms with Gasteiger partial charge in [-0.25, -0.2) is 17.6 Å². The lowest BCUT2D eigenvalue weighted by molar-refractivity contribution is -0.359. The number of alkyl halides is 11. The molecule has 2 nitrogen and oxygen atoms in total. The predicted molar refractivity (Wildman–Crippen MR) is 69.2 cm³/mol. The summed E-state index contributed by atoms with van der Waals surface area (Å²) < 4.78 is 147. The fourth-order valence-corrected chi connectivity index (χ4v) is 2.42. The van der Waals surface area contributed by atoms with E-state index in [9.17, 15) is 48.3 Å². The summed E-state index contributed by atoms with van der Waals surface area (Å²) in [4.78, 5) is 0. The zero-order valence-corrected chi connectivity index (χ0v) is 14.7. The van der Waals surface area contributed by atoms with Gasteiger partial charge in [0.1, 0.15) is 0 Å². The second kappa shape index (κ2) is 5.83. The highest BCUT2D eigenvalue weighted by molar-refractivity contribution is 5.18. The van der Waals surface area contributed by atoms with Gasteiger partial charge in [0.15, 0.2) is 5.67 Å². The van der Waals surface area contributed by atoms with Crippen LogP contribution in [0.2, 0.25) is 0 Å². The highest BCUT2D eigenvalue weighted by Crippen LogP contribution is 2.61. The molecule has 0 aromatic rings. The fourth-order valence-electron chi connectivity index (χ4n) is 2.42. The number of hydrogen-bond acceptors (Lipinski definition) is 2. The number of halogens is 11. The molecule has 4 atom stereocenters. The molecule has 4 unspecified atom stereocenters. The molecular weight excluding hydrogens is 409 g/mol. The van der Waals surface area contributed by atoms with Crippen LogP contribution in [-0.2, 0) is 9.47 Å². The van der Waals surface area contributed by atoms with Gasteiger partial charge in [0.2, 0.25) is 5.67 Å². The van der Waals surface area contributed by atoms with Crippen molar-refractivity contribution in [1.82, 2.24) is 0 Å². The minimum absolute atomic E-state index is 0.161. The third-order valence-electron chi connectivity index (χ3n) is 4.67. The minimum atomic E-state index is -5.00. The highest BCUT2D eigenvalue weighted by atomic mass is 19.4. The van der Waals surface area contributed by atoms with E-state index in [-0.39, 0.29) is 6.92 Å². The largest absolute Gasteiger partial charge is 0.443 e. The van der Waals surface area contributed by atoms with Gasteiger partial charge in [0, 0.05) is 13.8 Å². The zero-order valence-electron chi connectivity index (χ0n) is 14.7. The normalized spacial score (nSPS) is 48.9. The van der Waals surface area contributed by atoms with Gasteiger partial charge in [-0.1, -0.05) is 0 Å². The van der Waals surface area contributed by atoms with Crippen LogP contribution in [0.4, 0.5) is 48.3 Å². The van der Waals surface area contributed by atoms with Crippen molar-refractivity contribution in [2.75, 3.05) is 0 Å². The molecule has 1 saturated carbocycles. The molecule has 0 spiro atoms. The summed E-state index contributed by atoms with van der Waals surface area (Å²) in [5.74, 6) is -19.1. The van der Waals surface area contributed by atoms with Crippen molar-refractivity contribution in [2.24, 2.45) is 0 Å². The molecule has 2 rings (SSSR count). The maximum absolute atomic E-state index is 13.2. The van der Waals surface area contributed by atoms with E-state index in [1.807, 2.05) is 0 Å². The number of hydrogen-bond donors (Lipinski definition) is 0. The monoisotopic (exact) mass is 426 g/mol. The molecule has 1 heterocycles. The van der Waals surface area contributed by atoms with Crippen LogP contribution in [0.5, 0.6) is 0 Å². The van der Waals surface area contributed by atoms with E-state index in [4.69, 9.17) is 0 Å². The van der Waals surface area contributed by atoms with Gasteiger partial charge < -0.3 is 9.47 Å². The summed E-state index contributed by atoms with van der Waals surface area (Å²) in [5.41, 5.74) is -7.04. The maximum Gasteiger partial charge on any atom is 0.443 e. The average molecular weight is 426 g/mol. The molecule has 13 heteroatoms. The predicted octanol–water partition coefficient (Wildman–Crippen LogP) is 5.80. The van der Waals surface area contributed by atoms with Crippen LogP contribution in [-0.4, -0.2) is 46.9 Å². The Labute approximate surface area is 147 Å². The Hall–Kier alpha value is -0.850. The molecular formula is C14H17F11O2. The maximum atomic E-state index is 13.2. The van der Waals surface area contributed by atoms with Crippen molar-refractivity contribution in [1.29, 1.82) is 0 Å². The third kappa shape index (κ3) is 3.49. The Kier molecular flexibility index (Phi) is 5.22. The van der Waals surface area contributed by atoms with Gasteiger partial charge in [-0.05, 0) is 20.8 Å². The number of ether oxygens (including phenoxy) is 2. The number of rotatable bonds is 0. The Morgan fingerprint density at radius 2 is 1.00 bits per heavy atom. The molecule has 2 aliphatic rings. The molecule has 0 N–H and O–H groups in total. The van der Waals surface area contributed by atoms with Crippen LogP contribution >= 0.6 is 0 Å². The van der Waals surface area contributed by atoms with E-state index in [0.717, 1.165) is 0 Å². The van der Waals surface area contributed by atoms with Crippen LogP contribution in [0.25, 0.3) is 0 Å². The highest BCUT2D eigenvalue weighted by Gasteiger charge is 2.82. The van der Waals surface area contributed by atoms with E-state index in [1.165, 1.54) is 0 Å². The summed E-state index contributed by atoms with van der Waals surface area (Å²) in [6, 6.07) is 0. The molecule has 2 fully saturated rings. The minimum Gasteiger partial charge on any atom is -0.300 e. The lowest BCUT2D eigenvalue weighted by Crippen LogP contribution is -2.52. The first-order valence-electron chi connectivity index (χ1n) is 7.35. The molecule has 0 aromatic carbocycles. The molecule has 0 bridgehead atoms. The van der Waals surface area contributed by atoms with E-state index in [0.29, 0.717) is 27.7 Å². The van der Waals surface area contributed by atoms with Gasteiger partial charge >= 0.3 is 18.0 Å². The Balaban J connectivity index is 0.000000271. The SMILES string of the molecule is CC1(F)CC(F)(F)C(F)(F)C1(C)F.CC1(F)OC(C)(C(F)(F)F)OC1(C)F. The summed E-state index contributed by atoms with van der Waals surface area (Å²) in [7, 11) is 0. The van der Waals surface area contributed by atoms with E-state index < -0.39 is 53.3 Å². The van der Waals surface area contributed by atoms with Gasteiger partial charge in [-0.3, -0.25) is 0 Å². The van der Waals surface area contributed by atoms with Crippen molar-refractivity contribution in [3.63, 3.8) is 0 Å². The van der Waals surface area contributed by atoms with Gasteiger partial charge in [0.05, 0.1) is 6.42 Å². The average Bonchev–Trinajstić information content (AvgIpc) is 2.55. The van der Waals surface area contributed by atoms with Crippen molar-refractivity contribution in [3.05, 3.63) is 0 Å². The molecule has 1 saturated heterocycles. The summed E-state index contributed by atoms with van der Waals surface area (Å²) in [6.45, 7) is 2.10. The van der Waals surface area contributed by atoms with Crippen molar-refractivity contribution in [2.45, 2.75) is 87.9 Å². The van der Waals surface area contributed by atoms with Crippen LogP contribution in [0, 0.1) is 0 Å². The first kappa shape index (κ1) is 24.2. The van der Waals surface area contributed by atoms with E-state index in [1.54, 1.807) is 0 Å². The summed E-state index contributed by atoms with van der Waals surface area (Å²) >= 11 is 0. The lowest BCUT2D eigenvalue weighted by atomic mass is 9.92. The Morgan fingerprint density at radius 1 is 0.667 bits per heavy atom. The van der Waals surface area contributed by atoms with Crippen LogP contribution < -0.4 is 0 Å². The van der Waals surface area contributed by atoms with Crippen molar-refractivity contribution >= 4 is 0 Å². The second-order valence-corrected chi connectivity index (χ2v) is 7.14. The molecule has 0 amide bonds. The summed E-state index contributed by atoms with van der Waals surface area (Å²) in [5, 5.41) is 0. The Morgan fingerprint density at radius 3 is 1.11 bits per heavy atom. The standard InChI is InChI=1S/C7H8F6.C7H9F5O2/c1-4(8)3-6(10,11)7(12,13)5(4,2)9;1-4(8)5(2,9)14-6(3,13-4)7(10,11)12/h3H2,1-2H3;1-3H3. The topological polar surface area (TPSA) is 18.5 Å². The van der Waals surface area contributed by atoms with Crippen LogP contribution in [0.15, 0.2) is 0 Å². The second-order valence-electron chi connectivity index (χ2n) is 7.14. The zero-order chi connectivity index (χ0) is 22.1. The van der Waals surface area contributed by atoms with E-state index in [2.05, 4.69) is 9.47 Å². The molecule has 1 aliphatic carbocycles. The molecule has 1 aliphatic heterocycles. The molecule has 162 valence electrons. The fraction of sp³-hybridized carbons (Fsp3) is 1.00. The smallest absolute Gasteiger partial charge is 0.300 e. The first-order chi connectivity index (χ1) is 11.4. The van der Waals surface area contributed by atoms with Gasteiger partial charge in [-0.15, -0.1) is 0 Å². The van der Waals surface area contributed by atoms with Gasteiger partial charge in [0.25, 0.3) is 17.5 Å².